The molecule has 2 aromatic heterocycles. The topological polar surface area (TPSA) is 133 Å². The van der Waals surface area contributed by atoms with Gasteiger partial charge in [0.25, 0.3) is 5.91 Å². The van der Waals surface area contributed by atoms with Crippen LogP contribution in [0.1, 0.15) is 48.0 Å². The maximum atomic E-state index is 12.2. The molecule has 9 nitrogen and oxygen atoms in total. The third-order valence-electron chi connectivity index (χ3n) is 7.28. The fraction of sp³-hybridized carbons (Fsp3) is 0.345. The summed E-state index contributed by atoms with van der Waals surface area (Å²) in [6.45, 7) is 0.884. The second-order valence-electron chi connectivity index (χ2n) is 9.84. The van der Waals surface area contributed by atoms with Gasteiger partial charge in [0.05, 0.1) is 12.6 Å². The van der Waals surface area contributed by atoms with Crippen molar-refractivity contribution in [2.75, 3.05) is 17.7 Å². The second kappa shape index (κ2) is 11.5. The van der Waals surface area contributed by atoms with Crippen LogP contribution >= 0.6 is 0 Å². The van der Waals surface area contributed by atoms with Gasteiger partial charge in [0, 0.05) is 42.1 Å². The van der Waals surface area contributed by atoms with E-state index >= 15 is 0 Å². The van der Waals surface area contributed by atoms with Gasteiger partial charge in [-0.3, -0.25) is 4.79 Å². The van der Waals surface area contributed by atoms with Gasteiger partial charge in [0.1, 0.15) is 17.1 Å². The number of carbonyl (C=O) groups excluding carboxylic acids is 1. The molecule has 0 saturated heterocycles. The highest BCUT2D eigenvalue weighted by atomic mass is 16.5. The summed E-state index contributed by atoms with van der Waals surface area (Å²) in [5.41, 5.74) is 15.4. The molecule has 6 N–H and O–H groups in total. The van der Waals surface area contributed by atoms with Crippen LogP contribution in [0.4, 0.5) is 17.5 Å². The van der Waals surface area contributed by atoms with Gasteiger partial charge in [0.15, 0.2) is 0 Å². The van der Waals surface area contributed by atoms with Crippen LogP contribution in [-0.4, -0.2) is 39.6 Å². The lowest BCUT2D eigenvalue weighted by molar-refractivity contribution is 0.100. The highest BCUT2D eigenvalue weighted by Gasteiger charge is 2.23. The Morgan fingerprint density at radius 1 is 1.13 bits per heavy atom. The Bertz CT molecular complexity index is 1400. The van der Waals surface area contributed by atoms with E-state index < -0.39 is 5.91 Å². The molecule has 1 aliphatic rings. The molecule has 9 heteroatoms. The van der Waals surface area contributed by atoms with Crippen molar-refractivity contribution >= 4 is 34.3 Å². The molecule has 1 amide bonds. The summed E-state index contributed by atoms with van der Waals surface area (Å²) in [6.07, 6.45) is 9.74. The molecule has 1 fully saturated rings. The van der Waals surface area contributed by atoms with Crippen molar-refractivity contribution in [1.29, 1.82) is 0 Å². The van der Waals surface area contributed by atoms with E-state index in [-0.39, 0.29) is 17.6 Å². The van der Waals surface area contributed by atoms with Crippen LogP contribution in [0.2, 0.25) is 0 Å². The van der Waals surface area contributed by atoms with Crippen LogP contribution in [0.15, 0.2) is 60.9 Å². The molecule has 0 aliphatic heterocycles. The normalized spacial score (nSPS) is 17.3. The molecule has 2 atom stereocenters. The Morgan fingerprint density at radius 2 is 1.95 bits per heavy atom. The molecule has 5 rings (SSSR count). The number of aromatic nitrogens is 3. The number of benzene rings is 2. The van der Waals surface area contributed by atoms with E-state index in [0.29, 0.717) is 11.8 Å². The van der Waals surface area contributed by atoms with E-state index in [1.54, 1.807) is 7.11 Å². The molecule has 0 spiro atoms. The smallest absolute Gasteiger partial charge is 0.254 e. The van der Waals surface area contributed by atoms with Crippen molar-refractivity contribution < 1.29 is 9.53 Å². The van der Waals surface area contributed by atoms with Crippen LogP contribution in [-0.2, 0) is 13.0 Å². The zero-order chi connectivity index (χ0) is 26.5. The van der Waals surface area contributed by atoms with Crippen molar-refractivity contribution in [2.45, 2.75) is 57.2 Å². The maximum Gasteiger partial charge on any atom is 0.254 e. The number of nitrogens with zero attached hydrogens (tertiary/aromatic N) is 3. The Morgan fingerprint density at radius 3 is 2.71 bits per heavy atom. The third-order valence-corrected chi connectivity index (χ3v) is 7.28. The van der Waals surface area contributed by atoms with Gasteiger partial charge in [-0.25, -0.2) is 4.98 Å². The van der Waals surface area contributed by atoms with Crippen LogP contribution in [0.5, 0.6) is 5.75 Å². The zero-order valence-corrected chi connectivity index (χ0v) is 21.7. The third kappa shape index (κ3) is 5.73. The Hall–Kier alpha value is -4.11. The molecular weight excluding hydrogens is 478 g/mol. The highest BCUT2D eigenvalue weighted by molar-refractivity contribution is 6.00. The molecule has 0 bridgehead atoms. The van der Waals surface area contributed by atoms with Crippen molar-refractivity contribution in [3.05, 3.63) is 72.1 Å². The van der Waals surface area contributed by atoms with Gasteiger partial charge in [-0.15, -0.1) is 0 Å². The summed E-state index contributed by atoms with van der Waals surface area (Å²) in [5.74, 6) is 1.09. The quantitative estimate of drug-likeness (QED) is 0.244. The summed E-state index contributed by atoms with van der Waals surface area (Å²) in [6, 6.07) is 16.5. The lowest BCUT2D eigenvalue weighted by atomic mass is 9.91. The molecule has 2 aromatic carbocycles. The van der Waals surface area contributed by atoms with Crippen molar-refractivity contribution in [2.24, 2.45) is 11.5 Å². The van der Waals surface area contributed by atoms with E-state index in [1.165, 1.54) is 11.8 Å². The number of ether oxygens (including phenoxy) is 1. The number of nitrogens with one attached hydrogen (secondary N) is 2. The van der Waals surface area contributed by atoms with E-state index in [0.717, 1.165) is 67.4 Å². The minimum Gasteiger partial charge on any atom is -0.497 e. The number of hydrogen-bond acceptors (Lipinski definition) is 7. The second-order valence-corrected chi connectivity index (χ2v) is 9.84. The predicted molar refractivity (Wildman–Crippen MR) is 151 cm³/mol. The van der Waals surface area contributed by atoms with Gasteiger partial charge in [-0.2, -0.15) is 4.98 Å². The van der Waals surface area contributed by atoms with Crippen LogP contribution in [0, 0.1) is 0 Å². The highest BCUT2D eigenvalue weighted by Crippen LogP contribution is 2.29. The Labute approximate surface area is 222 Å². The van der Waals surface area contributed by atoms with E-state index in [2.05, 4.69) is 55.6 Å². The molecule has 38 heavy (non-hydrogen) atoms. The van der Waals surface area contributed by atoms with Crippen molar-refractivity contribution in [3.63, 3.8) is 0 Å². The van der Waals surface area contributed by atoms with Crippen LogP contribution < -0.4 is 26.8 Å². The first-order valence-electron chi connectivity index (χ1n) is 13.2. The fourth-order valence-corrected chi connectivity index (χ4v) is 5.13. The summed E-state index contributed by atoms with van der Waals surface area (Å²) < 4.78 is 7.49. The lowest BCUT2D eigenvalue weighted by Gasteiger charge is -2.29. The van der Waals surface area contributed by atoms with Gasteiger partial charge in [-0.1, -0.05) is 31.0 Å². The standard InChI is InChI=1S/C29H35N7O2/c1-38-20-13-11-19(12-14-20)6-5-16-36-17-15-21-24(9-4-10-26(21)36)33-28-22(27(31)37)18-32-29(35-28)34-25-8-3-2-7-23(25)30/h4,9-15,17-18,23,25H,2-3,5-8,16,30H2,1H3,(H2,31,37)(H2,32,33,34,35). The average molecular weight is 514 g/mol. The molecule has 1 aliphatic carbocycles. The summed E-state index contributed by atoms with van der Waals surface area (Å²) in [5, 5.41) is 7.74. The Balaban J connectivity index is 1.33. The lowest BCUT2D eigenvalue weighted by Crippen LogP contribution is -2.43. The number of nitrogens with two attached hydrogens (primary N) is 2. The minimum atomic E-state index is -0.586. The first kappa shape index (κ1) is 25.5. The number of carbonyl (C=O) groups is 1. The van der Waals surface area contributed by atoms with Gasteiger partial charge in [0.2, 0.25) is 5.95 Å². The fourth-order valence-electron chi connectivity index (χ4n) is 5.13. The molecule has 198 valence electrons. The first-order chi connectivity index (χ1) is 18.5. The summed E-state index contributed by atoms with van der Waals surface area (Å²) in [7, 11) is 1.68. The van der Waals surface area contributed by atoms with E-state index in [1.807, 2.05) is 24.3 Å². The predicted octanol–water partition coefficient (Wildman–Crippen LogP) is 4.60. The zero-order valence-electron chi connectivity index (χ0n) is 21.7. The molecule has 1 saturated carbocycles. The number of rotatable bonds is 10. The first-order valence-corrected chi connectivity index (χ1v) is 13.2. The van der Waals surface area contributed by atoms with Gasteiger partial charge in [-0.05, 0) is 61.6 Å². The van der Waals surface area contributed by atoms with Crippen molar-refractivity contribution in [1.82, 2.24) is 14.5 Å². The number of amides is 1. The SMILES string of the molecule is COc1ccc(CCCn2ccc3c(Nc4nc(NC5CCCCC5N)ncc4C(N)=O)cccc32)cc1. The largest absolute Gasteiger partial charge is 0.497 e. The summed E-state index contributed by atoms with van der Waals surface area (Å²) >= 11 is 0. The number of fused-ring (bicyclic) bond motifs is 1. The molecular formula is C29H35N7O2. The average Bonchev–Trinajstić information content (AvgIpc) is 3.34. The monoisotopic (exact) mass is 513 g/mol. The molecule has 2 heterocycles. The summed E-state index contributed by atoms with van der Waals surface area (Å²) in [4.78, 5) is 21.1. The number of hydrogen-bond donors (Lipinski definition) is 4. The molecule has 4 aromatic rings. The number of primary amides is 1. The Kier molecular flexibility index (Phi) is 7.74. The van der Waals surface area contributed by atoms with E-state index in [9.17, 15) is 4.79 Å². The van der Waals surface area contributed by atoms with Gasteiger partial charge >= 0.3 is 0 Å². The number of anilines is 3. The van der Waals surface area contributed by atoms with E-state index in [4.69, 9.17) is 16.2 Å². The number of methoxy groups -OCH3 is 1. The number of aryl methyl sites for hydroxylation is 2. The maximum absolute atomic E-state index is 12.2. The molecule has 2 unspecified atom stereocenters. The minimum absolute atomic E-state index is 0.0535. The van der Waals surface area contributed by atoms with Crippen molar-refractivity contribution in [3.8, 4) is 5.75 Å². The van der Waals surface area contributed by atoms with Crippen LogP contribution in [0.25, 0.3) is 10.9 Å². The van der Waals surface area contributed by atoms with Gasteiger partial charge < -0.3 is 31.4 Å². The van der Waals surface area contributed by atoms with Crippen LogP contribution in [0.3, 0.4) is 0 Å². The molecule has 0 radical (unpaired) electrons.